The summed E-state index contributed by atoms with van der Waals surface area (Å²) >= 11 is 0. The van der Waals surface area contributed by atoms with Crippen molar-refractivity contribution in [3.05, 3.63) is 65.5 Å². The molecule has 4 nitrogen and oxygen atoms in total. The third-order valence-electron chi connectivity index (χ3n) is 4.76. The van der Waals surface area contributed by atoms with Crippen LogP contribution in [0.5, 0.6) is 0 Å². The molecule has 3 aromatic rings. The Balaban J connectivity index is 1.62. The summed E-state index contributed by atoms with van der Waals surface area (Å²) in [5.74, 6) is 1.25. The maximum atomic E-state index is 12.5. The number of nitrogens with zero attached hydrogens (tertiary/aromatic N) is 1. The molecule has 3 rings (SSSR count). The van der Waals surface area contributed by atoms with Gasteiger partial charge in [-0.3, -0.25) is 4.79 Å². The highest BCUT2D eigenvalue weighted by Crippen LogP contribution is 2.22. The molecular weight excluding hydrogens is 322 g/mol. The van der Waals surface area contributed by atoms with E-state index in [1.165, 1.54) is 5.56 Å². The fourth-order valence-electron chi connectivity index (χ4n) is 3.20. The first-order chi connectivity index (χ1) is 12.6. The second kappa shape index (κ2) is 8.17. The highest BCUT2D eigenvalue weighted by molar-refractivity contribution is 5.77. The molecule has 0 aliphatic rings. The number of aromatic nitrogens is 2. The Labute approximate surface area is 155 Å². The second-order valence-electron chi connectivity index (χ2n) is 7.08. The Kier molecular flexibility index (Phi) is 5.71. The zero-order valence-electron chi connectivity index (χ0n) is 15.8. The van der Waals surface area contributed by atoms with Gasteiger partial charge < -0.3 is 10.3 Å². The predicted molar refractivity (Wildman–Crippen MR) is 106 cm³/mol. The largest absolute Gasteiger partial charge is 0.349 e. The Morgan fingerprint density at radius 3 is 2.50 bits per heavy atom. The quantitative estimate of drug-likeness (QED) is 0.656. The standard InChI is InChI=1S/C22H27N3O/c1-4-16-9-11-17(12-10-16)22(15(2)3)25-21(26)14-13-20-23-18-7-5-6-8-19(18)24-20/h5-12,15,22H,4,13-14H2,1-3H3,(H,23,24)(H,25,26)/t22-/m1/s1. The monoisotopic (exact) mass is 349 g/mol. The van der Waals surface area contributed by atoms with Gasteiger partial charge in [-0.25, -0.2) is 4.98 Å². The number of rotatable bonds is 7. The summed E-state index contributed by atoms with van der Waals surface area (Å²) in [6, 6.07) is 16.5. The van der Waals surface area contributed by atoms with Crippen molar-refractivity contribution in [2.24, 2.45) is 5.92 Å². The molecule has 0 fully saturated rings. The molecule has 2 N–H and O–H groups in total. The summed E-state index contributed by atoms with van der Waals surface area (Å²) in [7, 11) is 0. The van der Waals surface area contributed by atoms with Crippen LogP contribution >= 0.6 is 0 Å². The molecule has 26 heavy (non-hydrogen) atoms. The number of fused-ring (bicyclic) bond motifs is 1. The van der Waals surface area contributed by atoms with E-state index in [2.05, 4.69) is 60.3 Å². The second-order valence-corrected chi connectivity index (χ2v) is 7.08. The van der Waals surface area contributed by atoms with Crippen LogP contribution in [0.4, 0.5) is 0 Å². The number of aryl methyl sites for hydroxylation is 2. The van der Waals surface area contributed by atoms with Crippen LogP contribution in [0.25, 0.3) is 11.0 Å². The minimum atomic E-state index is 0.0316. The summed E-state index contributed by atoms with van der Waals surface area (Å²) in [5, 5.41) is 3.19. The van der Waals surface area contributed by atoms with Gasteiger partial charge in [0.15, 0.2) is 0 Å². The number of para-hydroxylation sites is 2. The van der Waals surface area contributed by atoms with Crippen molar-refractivity contribution in [1.82, 2.24) is 15.3 Å². The van der Waals surface area contributed by atoms with Crippen LogP contribution in [-0.4, -0.2) is 15.9 Å². The van der Waals surface area contributed by atoms with Crippen molar-refractivity contribution in [3.8, 4) is 0 Å². The van der Waals surface area contributed by atoms with E-state index in [0.717, 1.165) is 28.8 Å². The van der Waals surface area contributed by atoms with E-state index in [9.17, 15) is 4.79 Å². The number of hydrogen-bond donors (Lipinski definition) is 2. The summed E-state index contributed by atoms with van der Waals surface area (Å²) in [5.41, 5.74) is 4.43. The molecule has 2 aromatic carbocycles. The number of amides is 1. The fraction of sp³-hybridized carbons (Fsp3) is 0.364. The minimum absolute atomic E-state index is 0.0316. The number of carbonyl (C=O) groups excluding carboxylic acids is 1. The molecule has 0 unspecified atom stereocenters. The Morgan fingerprint density at radius 1 is 1.12 bits per heavy atom. The van der Waals surface area contributed by atoms with E-state index in [-0.39, 0.29) is 11.9 Å². The topological polar surface area (TPSA) is 57.8 Å². The van der Waals surface area contributed by atoms with Gasteiger partial charge in [-0.15, -0.1) is 0 Å². The van der Waals surface area contributed by atoms with Crippen LogP contribution in [0.3, 0.4) is 0 Å². The minimum Gasteiger partial charge on any atom is -0.349 e. The van der Waals surface area contributed by atoms with Crippen molar-refractivity contribution >= 4 is 16.9 Å². The van der Waals surface area contributed by atoms with E-state index in [1.54, 1.807) is 0 Å². The van der Waals surface area contributed by atoms with Crippen LogP contribution in [0, 0.1) is 5.92 Å². The van der Waals surface area contributed by atoms with Crippen molar-refractivity contribution < 1.29 is 4.79 Å². The third-order valence-corrected chi connectivity index (χ3v) is 4.76. The average Bonchev–Trinajstić information content (AvgIpc) is 3.07. The van der Waals surface area contributed by atoms with Gasteiger partial charge in [0, 0.05) is 12.8 Å². The maximum absolute atomic E-state index is 12.5. The zero-order chi connectivity index (χ0) is 18.5. The number of aromatic amines is 1. The molecule has 0 bridgehead atoms. The fourth-order valence-corrected chi connectivity index (χ4v) is 3.20. The molecule has 0 radical (unpaired) electrons. The zero-order valence-corrected chi connectivity index (χ0v) is 15.8. The van der Waals surface area contributed by atoms with Gasteiger partial charge in [-0.05, 0) is 35.6 Å². The number of hydrogen-bond acceptors (Lipinski definition) is 2. The number of imidazole rings is 1. The summed E-state index contributed by atoms with van der Waals surface area (Å²) in [6.07, 6.45) is 2.06. The first-order valence-corrected chi connectivity index (χ1v) is 9.38. The van der Waals surface area contributed by atoms with Gasteiger partial charge in [0.25, 0.3) is 0 Å². The highest BCUT2D eigenvalue weighted by Gasteiger charge is 2.18. The smallest absolute Gasteiger partial charge is 0.220 e. The van der Waals surface area contributed by atoms with Crippen LogP contribution in [0.15, 0.2) is 48.5 Å². The molecule has 1 atom stereocenters. The molecular formula is C22H27N3O. The van der Waals surface area contributed by atoms with Gasteiger partial charge in [0.1, 0.15) is 5.82 Å². The van der Waals surface area contributed by atoms with Crippen molar-refractivity contribution in [3.63, 3.8) is 0 Å². The summed E-state index contributed by atoms with van der Waals surface area (Å²) in [6.45, 7) is 6.42. The maximum Gasteiger partial charge on any atom is 0.220 e. The first-order valence-electron chi connectivity index (χ1n) is 9.38. The van der Waals surface area contributed by atoms with Gasteiger partial charge >= 0.3 is 0 Å². The number of H-pyrrole nitrogens is 1. The van der Waals surface area contributed by atoms with Crippen LogP contribution in [-0.2, 0) is 17.6 Å². The lowest BCUT2D eigenvalue weighted by Gasteiger charge is -2.23. The number of nitrogens with one attached hydrogen (secondary N) is 2. The van der Waals surface area contributed by atoms with Crippen LogP contribution in [0.1, 0.15) is 50.2 Å². The lowest BCUT2D eigenvalue weighted by molar-refractivity contribution is -0.122. The molecule has 0 saturated heterocycles. The molecule has 1 heterocycles. The van der Waals surface area contributed by atoms with E-state index in [4.69, 9.17) is 0 Å². The molecule has 1 aromatic heterocycles. The molecule has 136 valence electrons. The highest BCUT2D eigenvalue weighted by atomic mass is 16.1. The average molecular weight is 349 g/mol. The molecule has 0 spiro atoms. The summed E-state index contributed by atoms with van der Waals surface area (Å²) < 4.78 is 0. The molecule has 0 saturated carbocycles. The van der Waals surface area contributed by atoms with E-state index < -0.39 is 0 Å². The molecule has 0 aliphatic heterocycles. The van der Waals surface area contributed by atoms with E-state index in [0.29, 0.717) is 18.8 Å². The van der Waals surface area contributed by atoms with Crippen LogP contribution in [0.2, 0.25) is 0 Å². The van der Waals surface area contributed by atoms with Gasteiger partial charge in [-0.1, -0.05) is 57.2 Å². The predicted octanol–water partition coefficient (Wildman–Crippen LogP) is 4.57. The molecule has 0 aliphatic carbocycles. The Morgan fingerprint density at radius 2 is 1.85 bits per heavy atom. The van der Waals surface area contributed by atoms with Gasteiger partial charge in [0.05, 0.1) is 17.1 Å². The number of benzene rings is 2. The molecule has 1 amide bonds. The van der Waals surface area contributed by atoms with Crippen molar-refractivity contribution in [2.75, 3.05) is 0 Å². The number of carbonyl (C=O) groups is 1. The van der Waals surface area contributed by atoms with Crippen molar-refractivity contribution in [1.29, 1.82) is 0 Å². The Hall–Kier alpha value is -2.62. The summed E-state index contributed by atoms with van der Waals surface area (Å²) in [4.78, 5) is 20.3. The first kappa shape index (κ1) is 18.2. The lowest BCUT2D eigenvalue weighted by atomic mass is 9.94. The third kappa shape index (κ3) is 4.31. The van der Waals surface area contributed by atoms with Gasteiger partial charge in [0.2, 0.25) is 5.91 Å². The SMILES string of the molecule is CCc1ccc([C@H](NC(=O)CCc2nc3ccccc3[nH]2)C(C)C)cc1. The normalized spacial score (nSPS) is 12.5. The van der Waals surface area contributed by atoms with E-state index in [1.807, 2.05) is 24.3 Å². The van der Waals surface area contributed by atoms with E-state index >= 15 is 0 Å². The van der Waals surface area contributed by atoms with Crippen molar-refractivity contribution in [2.45, 2.75) is 46.1 Å². The van der Waals surface area contributed by atoms with Gasteiger partial charge in [-0.2, -0.15) is 0 Å². The molecule has 4 heteroatoms. The van der Waals surface area contributed by atoms with Crippen LogP contribution < -0.4 is 5.32 Å². The lowest BCUT2D eigenvalue weighted by Crippen LogP contribution is -2.32. The Bertz CT molecular complexity index is 831.